The van der Waals surface area contributed by atoms with Gasteiger partial charge in [0.2, 0.25) is 10.0 Å². The van der Waals surface area contributed by atoms with E-state index in [-0.39, 0.29) is 0 Å². The Morgan fingerprint density at radius 1 is 1.18 bits per heavy atom. The molecular weight excluding hydrogens is 298 g/mol. The monoisotopic (exact) mass is 323 g/mol. The first kappa shape index (κ1) is 15.7. The zero-order valence-corrected chi connectivity index (χ0v) is 14.1. The van der Waals surface area contributed by atoms with Crippen molar-refractivity contribution in [1.29, 1.82) is 0 Å². The number of piperidine rings is 1. The maximum Gasteiger partial charge on any atom is 0.211 e. The summed E-state index contributed by atoms with van der Waals surface area (Å²) >= 11 is 0. The molecule has 0 N–H and O–H groups in total. The van der Waals surface area contributed by atoms with Crippen molar-refractivity contribution in [1.82, 2.24) is 9.29 Å². The summed E-state index contributed by atoms with van der Waals surface area (Å²) in [5, 5.41) is 0. The number of pyridine rings is 1. The van der Waals surface area contributed by atoms with Crippen LogP contribution in [0, 0.1) is 5.92 Å². The molecule has 0 bridgehead atoms. The van der Waals surface area contributed by atoms with Gasteiger partial charge in [-0.25, -0.2) is 17.7 Å². The summed E-state index contributed by atoms with van der Waals surface area (Å²) in [4.78, 5) is 6.92. The average molecular weight is 323 g/mol. The maximum atomic E-state index is 11.7. The van der Waals surface area contributed by atoms with E-state index in [0.717, 1.165) is 38.2 Å². The summed E-state index contributed by atoms with van der Waals surface area (Å²) in [6.45, 7) is 3.53. The Kier molecular flexibility index (Phi) is 4.68. The van der Waals surface area contributed by atoms with Crippen molar-refractivity contribution < 1.29 is 8.42 Å². The number of rotatable bonds is 4. The van der Waals surface area contributed by atoms with E-state index in [1.165, 1.54) is 24.7 Å². The van der Waals surface area contributed by atoms with Gasteiger partial charge in [-0.3, -0.25) is 0 Å². The number of nitrogens with zero attached hydrogens (tertiary/aromatic N) is 3. The maximum absolute atomic E-state index is 11.7. The van der Waals surface area contributed by atoms with Crippen LogP contribution in [0.3, 0.4) is 0 Å². The number of aromatic nitrogens is 1. The minimum Gasteiger partial charge on any atom is -0.357 e. The second-order valence-electron chi connectivity index (χ2n) is 6.55. The van der Waals surface area contributed by atoms with Gasteiger partial charge in [-0.1, -0.05) is 6.07 Å². The fraction of sp³-hybridized carbons (Fsp3) is 0.688. The molecule has 1 aromatic rings. The summed E-state index contributed by atoms with van der Waals surface area (Å²) in [7, 11) is -3.06. The molecule has 6 heteroatoms. The normalized spacial score (nSPS) is 23.9. The van der Waals surface area contributed by atoms with Gasteiger partial charge in [-0.2, -0.15) is 0 Å². The molecule has 2 aliphatic rings. The molecule has 5 nitrogen and oxygen atoms in total. The molecule has 122 valence electrons. The Morgan fingerprint density at radius 3 is 2.59 bits per heavy atom. The lowest BCUT2D eigenvalue weighted by Crippen LogP contribution is -2.39. The minimum atomic E-state index is -3.06. The first-order valence-electron chi connectivity index (χ1n) is 8.17. The van der Waals surface area contributed by atoms with Crippen molar-refractivity contribution in [3.63, 3.8) is 0 Å². The van der Waals surface area contributed by atoms with Crippen LogP contribution in [0.5, 0.6) is 0 Å². The number of sulfonamides is 1. The van der Waals surface area contributed by atoms with Crippen LogP contribution < -0.4 is 4.90 Å². The van der Waals surface area contributed by atoms with Gasteiger partial charge < -0.3 is 4.90 Å². The molecule has 3 rings (SSSR count). The molecule has 0 aromatic carbocycles. The van der Waals surface area contributed by atoms with Crippen molar-refractivity contribution >= 4 is 15.8 Å². The van der Waals surface area contributed by atoms with E-state index in [1.807, 2.05) is 6.20 Å². The molecule has 0 saturated carbocycles. The van der Waals surface area contributed by atoms with Gasteiger partial charge >= 0.3 is 0 Å². The SMILES string of the molecule is CS(=O)(=O)N1CCC[C@@H](Cc2ccc(N3CCCC3)nc2)C1. The van der Waals surface area contributed by atoms with Gasteiger partial charge in [0.15, 0.2) is 0 Å². The Balaban J connectivity index is 1.60. The lowest BCUT2D eigenvalue weighted by Gasteiger charge is -2.31. The largest absolute Gasteiger partial charge is 0.357 e. The summed E-state index contributed by atoms with van der Waals surface area (Å²) in [5.74, 6) is 1.48. The lowest BCUT2D eigenvalue weighted by atomic mass is 9.93. The predicted octanol–water partition coefficient (Wildman–Crippen LogP) is 1.90. The van der Waals surface area contributed by atoms with Crippen molar-refractivity contribution in [3.05, 3.63) is 23.9 Å². The van der Waals surface area contributed by atoms with Crippen LogP contribution in [0.25, 0.3) is 0 Å². The van der Waals surface area contributed by atoms with Crippen molar-refractivity contribution in [2.75, 3.05) is 37.3 Å². The highest BCUT2D eigenvalue weighted by atomic mass is 32.2. The van der Waals surface area contributed by atoms with E-state index >= 15 is 0 Å². The van der Waals surface area contributed by atoms with Crippen LogP contribution in [0.2, 0.25) is 0 Å². The van der Waals surface area contributed by atoms with Gasteiger partial charge in [-0.05, 0) is 49.7 Å². The molecule has 22 heavy (non-hydrogen) atoms. The van der Waals surface area contributed by atoms with Crippen molar-refractivity contribution in [3.8, 4) is 0 Å². The highest BCUT2D eigenvalue weighted by Gasteiger charge is 2.26. The van der Waals surface area contributed by atoms with Gasteiger partial charge in [-0.15, -0.1) is 0 Å². The quantitative estimate of drug-likeness (QED) is 0.849. The zero-order chi connectivity index (χ0) is 15.6. The van der Waals surface area contributed by atoms with Gasteiger partial charge in [0.25, 0.3) is 0 Å². The third-order valence-electron chi connectivity index (χ3n) is 4.71. The van der Waals surface area contributed by atoms with Gasteiger partial charge in [0.1, 0.15) is 5.82 Å². The van der Waals surface area contributed by atoms with E-state index in [1.54, 1.807) is 4.31 Å². The van der Waals surface area contributed by atoms with E-state index in [2.05, 4.69) is 22.0 Å². The Morgan fingerprint density at radius 2 is 1.95 bits per heavy atom. The average Bonchev–Trinajstić information content (AvgIpc) is 3.02. The van der Waals surface area contributed by atoms with E-state index in [0.29, 0.717) is 19.0 Å². The second kappa shape index (κ2) is 6.54. The molecule has 0 unspecified atom stereocenters. The van der Waals surface area contributed by atoms with Crippen LogP contribution in [0.4, 0.5) is 5.82 Å². The number of anilines is 1. The fourth-order valence-electron chi connectivity index (χ4n) is 3.50. The van der Waals surface area contributed by atoms with Gasteiger partial charge in [0.05, 0.1) is 6.26 Å². The van der Waals surface area contributed by atoms with Crippen LogP contribution in [-0.2, 0) is 16.4 Å². The van der Waals surface area contributed by atoms with E-state index < -0.39 is 10.0 Å². The molecule has 0 amide bonds. The standard InChI is InChI=1S/C16H25N3O2S/c1-22(20,21)19-10-4-5-15(13-19)11-14-6-7-16(17-12-14)18-8-2-3-9-18/h6-7,12,15H,2-5,8-11,13H2,1H3/t15-/m0/s1. The van der Waals surface area contributed by atoms with Crippen LogP contribution in [0.1, 0.15) is 31.2 Å². The summed E-state index contributed by atoms with van der Waals surface area (Å²) < 4.78 is 25.0. The molecule has 3 heterocycles. The van der Waals surface area contributed by atoms with Crippen LogP contribution in [0.15, 0.2) is 18.3 Å². The van der Waals surface area contributed by atoms with Crippen molar-refractivity contribution in [2.24, 2.45) is 5.92 Å². The highest BCUT2D eigenvalue weighted by Crippen LogP contribution is 2.23. The van der Waals surface area contributed by atoms with Gasteiger partial charge in [0, 0.05) is 32.4 Å². The third-order valence-corrected chi connectivity index (χ3v) is 5.98. The Hall–Kier alpha value is -1.14. The molecule has 2 saturated heterocycles. The molecule has 0 aliphatic carbocycles. The summed E-state index contributed by atoms with van der Waals surface area (Å²) in [6, 6.07) is 4.26. The first-order chi connectivity index (χ1) is 10.5. The number of hydrogen-bond acceptors (Lipinski definition) is 4. The predicted molar refractivity (Wildman–Crippen MR) is 88.5 cm³/mol. The zero-order valence-electron chi connectivity index (χ0n) is 13.2. The Bertz CT molecular complexity index is 594. The second-order valence-corrected chi connectivity index (χ2v) is 8.53. The lowest BCUT2D eigenvalue weighted by molar-refractivity contribution is 0.266. The fourth-order valence-corrected chi connectivity index (χ4v) is 4.44. The highest BCUT2D eigenvalue weighted by molar-refractivity contribution is 7.88. The Labute approximate surface area is 133 Å². The molecule has 2 aliphatic heterocycles. The smallest absolute Gasteiger partial charge is 0.211 e. The van der Waals surface area contributed by atoms with Crippen LogP contribution in [-0.4, -0.2) is 50.1 Å². The first-order valence-corrected chi connectivity index (χ1v) is 10.0. The van der Waals surface area contributed by atoms with Crippen LogP contribution >= 0.6 is 0 Å². The topological polar surface area (TPSA) is 53.5 Å². The summed E-state index contributed by atoms with van der Waals surface area (Å²) in [5.41, 5.74) is 1.21. The molecule has 1 aromatic heterocycles. The van der Waals surface area contributed by atoms with E-state index in [9.17, 15) is 8.42 Å². The summed E-state index contributed by atoms with van der Waals surface area (Å²) in [6.07, 6.45) is 8.75. The molecule has 0 radical (unpaired) electrons. The molecular formula is C16H25N3O2S. The van der Waals surface area contributed by atoms with Crippen molar-refractivity contribution in [2.45, 2.75) is 32.1 Å². The molecule has 2 fully saturated rings. The van der Waals surface area contributed by atoms with E-state index in [4.69, 9.17) is 0 Å². The third kappa shape index (κ3) is 3.79. The molecule has 1 atom stereocenters. The number of hydrogen-bond donors (Lipinski definition) is 0. The molecule has 0 spiro atoms. The minimum absolute atomic E-state index is 0.405.